The summed E-state index contributed by atoms with van der Waals surface area (Å²) in [5.74, 6) is -1.74. The van der Waals surface area contributed by atoms with E-state index in [-0.39, 0.29) is 12.2 Å². The van der Waals surface area contributed by atoms with E-state index in [0.29, 0.717) is 5.69 Å². The van der Waals surface area contributed by atoms with Crippen LogP contribution in [0, 0.1) is 0 Å². The molecule has 20 heavy (non-hydrogen) atoms. The van der Waals surface area contributed by atoms with E-state index in [0.717, 1.165) is 0 Å². The van der Waals surface area contributed by atoms with Gasteiger partial charge in [0.2, 0.25) is 0 Å². The number of aliphatic carboxylic acids is 1. The third-order valence-corrected chi connectivity index (χ3v) is 2.35. The predicted molar refractivity (Wildman–Crippen MR) is 70.4 cm³/mol. The van der Waals surface area contributed by atoms with Crippen molar-refractivity contribution in [3.8, 4) is 0 Å². The average molecular weight is 281 g/mol. The maximum Gasteiger partial charge on any atom is 0.328 e. The second-order valence-corrected chi connectivity index (χ2v) is 3.89. The monoisotopic (exact) mass is 281 g/mol. The Morgan fingerprint density at radius 2 is 1.90 bits per heavy atom. The van der Waals surface area contributed by atoms with Crippen molar-refractivity contribution < 1.29 is 24.2 Å². The summed E-state index contributed by atoms with van der Waals surface area (Å²) >= 11 is 0. The minimum absolute atomic E-state index is 0.137. The second-order valence-electron chi connectivity index (χ2n) is 3.89. The minimum atomic E-state index is -1.19. The molecule has 0 bridgehead atoms. The SMILES string of the molecule is COCC(NC(=O)c1ccc(NC(N)=O)cc1)C(=O)O. The molecule has 0 aliphatic heterocycles. The first-order chi connectivity index (χ1) is 9.43. The van der Waals surface area contributed by atoms with Gasteiger partial charge in [0, 0.05) is 18.4 Å². The third-order valence-electron chi connectivity index (χ3n) is 2.35. The number of rotatable bonds is 6. The van der Waals surface area contributed by atoms with Crippen LogP contribution in [0.4, 0.5) is 10.5 Å². The Bertz CT molecular complexity index is 500. The lowest BCUT2D eigenvalue weighted by molar-refractivity contribution is -0.140. The number of nitrogens with two attached hydrogens (primary N) is 1. The highest BCUT2D eigenvalue weighted by atomic mass is 16.5. The van der Waals surface area contributed by atoms with Crippen LogP contribution in [0.2, 0.25) is 0 Å². The summed E-state index contributed by atoms with van der Waals surface area (Å²) in [5, 5.41) is 13.5. The van der Waals surface area contributed by atoms with Crippen molar-refractivity contribution in [3.05, 3.63) is 29.8 Å². The Labute approximate surface area is 114 Å². The van der Waals surface area contributed by atoms with Crippen LogP contribution in [-0.4, -0.2) is 42.8 Å². The Morgan fingerprint density at radius 3 is 2.35 bits per heavy atom. The molecule has 1 rings (SSSR count). The first kappa shape index (κ1) is 15.4. The van der Waals surface area contributed by atoms with Crippen molar-refractivity contribution in [2.24, 2.45) is 5.73 Å². The quantitative estimate of drug-likeness (QED) is 0.583. The number of carbonyl (C=O) groups is 3. The van der Waals surface area contributed by atoms with Gasteiger partial charge in [0.25, 0.3) is 5.91 Å². The molecule has 0 saturated heterocycles. The third kappa shape index (κ3) is 4.58. The van der Waals surface area contributed by atoms with Crippen molar-refractivity contribution >= 4 is 23.6 Å². The molecule has 0 fully saturated rings. The number of benzene rings is 1. The summed E-state index contributed by atoms with van der Waals surface area (Å²) in [6.07, 6.45) is 0. The number of urea groups is 1. The second kappa shape index (κ2) is 7.10. The van der Waals surface area contributed by atoms with Crippen molar-refractivity contribution in [3.63, 3.8) is 0 Å². The van der Waals surface area contributed by atoms with Crippen molar-refractivity contribution in [1.29, 1.82) is 0 Å². The van der Waals surface area contributed by atoms with E-state index >= 15 is 0 Å². The highest BCUT2D eigenvalue weighted by Crippen LogP contribution is 2.09. The molecule has 1 unspecified atom stereocenters. The van der Waals surface area contributed by atoms with Gasteiger partial charge in [0.15, 0.2) is 6.04 Å². The summed E-state index contributed by atoms with van der Waals surface area (Å²) in [7, 11) is 1.34. The van der Waals surface area contributed by atoms with Gasteiger partial charge in [-0.2, -0.15) is 0 Å². The van der Waals surface area contributed by atoms with Crippen LogP contribution in [0.15, 0.2) is 24.3 Å². The van der Waals surface area contributed by atoms with E-state index in [1.165, 1.54) is 31.4 Å². The summed E-state index contributed by atoms with van der Waals surface area (Å²) in [6.45, 7) is -0.137. The first-order valence-corrected chi connectivity index (χ1v) is 5.63. The van der Waals surface area contributed by atoms with E-state index in [1.807, 2.05) is 0 Å². The zero-order valence-corrected chi connectivity index (χ0v) is 10.8. The molecule has 0 aromatic heterocycles. The first-order valence-electron chi connectivity index (χ1n) is 5.63. The average Bonchev–Trinajstić information content (AvgIpc) is 2.38. The summed E-state index contributed by atoms with van der Waals surface area (Å²) in [5.41, 5.74) is 5.63. The molecule has 1 aromatic carbocycles. The van der Waals surface area contributed by atoms with E-state index < -0.39 is 23.9 Å². The van der Waals surface area contributed by atoms with Crippen LogP contribution in [-0.2, 0) is 9.53 Å². The van der Waals surface area contributed by atoms with Crippen LogP contribution in [0.5, 0.6) is 0 Å². The number of nitrogens with one attached hydrogen (secondary N) is 2. The van der Waals surface area contributed by atoms with E-state index in [2.05, 4.69) is 10.6 Å². The highest BCUT2D eigenvalue weighted by Gasteiger charge is 2.20. The standard InChI is InChI=1S/C12H15N3O5/c1-20-6-9(11(17)18)15-10(16)7-2-4-8(5-3-7)14-12(13)19/h2-5,9H,6H2,1H3,(H,15,16)(H,17,18)(H3,13,14,19). The number of carboxylic acid groups (broad SMARTS) is 1. The van der Waals surface area contributed by atoms with Crippen molar-refractivity contribution in [2.75, 3.05) is 19.0 Å². The Morgan fingerprint density at radius 1 is 1.30 bits per heavy atom. The fourth-order valence-electron chi connectivity index (χ4n) is 1.43. The molecule has 8 nitrogen and oxygen atoms in total. The summed E-state index contributed by atoms with van der Waals surface area (Å²) in [4.78, 5) is 33.3. The molecular formula is C12H15N3O5. The van der Waals surface area contributed by atoms with Gasteiger partial charge in [-0.05, 0) is 24.3 Å². The van der Waals surface area contributed by atoms with E-state index in [4.69, 9.17) is 15.6 Å². The van der Waals surface area contributed by atoms with Gasteiger partial charge in [-0.3, -0.25) is 4.79 Å². The van der Waals surface area contributed by atoms with Crippen molar-refractivity contribution in [2.45, 2.75) is 6.04 Å². The fourth-order valence-corrected chi connectivity index (χ4v) is 1.43. The van der Waals surface area contributed by atoms with Gasteiger partial charge in [-0.1, -0.05) is 0 Å². The molecule has 0 aliphatic carbocycles. The van der Waals surface area contributed by atoms with Crippen LogP contribution < -0.4 is 16.4 Å². The molecule has 1 atom stereocenters. The fraction of sp³-hybridized carbons (Fsp3) is 0.250. The maximum atomic E-state index is 11.8. The number of hydrogen-bond acceptors (Lipinski definition) is 4. The molecule has 0 radical (unpaired) electrons. The lowest BCUT2D eigenvalue weighted by Crippen LogP contribution is -2.43. The number of amides is 3. The van der Waals surface area contributed by atoms with Gasteiger partial charge in [0.1, 0.15) is 0 Å². The highest BCUT2D eigenvalue weighted by molar-refractivity contribution is 5.97. The number of primary amides is 1. The number of methoxy groups -OCH3 is 1. The van der Waals surface area contributed by atoms with Crippen LogP contribution >= 0.6 is 0 Å². The van der Waals surface area contributed by atoms with Crippen LogP contribution in [0.1, 0.15) is 10.4 Å². The molecule has 3 amide bonds. The van der Waals surface area contributed by atoms with Gasteiger partial charge in [-0.15, -0.1) is 0 Å². The minimum Gasteiger partial charge on any atom is -0.480 e. The Hall–Kier alpha value is -2.61. The van der Waals surface area contributed by atoms with Gasteiger partial charge >= 0.3 is 12.0 Å². The number of carboxylic acids is 1. The maximum absolute atomic E-state index is 11.8. The van der Waals surface area contributed by atoms with Crippen LogP contribution in [0.25, 0.3) is 0 Å². The smallest absolute Gasteiger partial charge is 0.328 e. The number of anilines is 1. The molecule has 8 heteroatoms. The molecule has 108 valence electrons. The molecule has 0 heterocycles. The van der Waals surface area contributed by atoms with E-state index in [1.54, 1.807) is 0 Å². The van der Waals surface area contributed by atoms with E-state index in [9.17, 15) is 14.4 Å². The molecule has 1 aromatic rings. The zero-order chi connectivity index (χ0) is 15.1. The largest absolute Gasteiger partial charge is 0.480 e. The van der Waals surface area contributed by atoms with Crippen LogP contribution in [0.3, 0.4) is 0 Å². The lowest BCUT2D eigenvalue weighted by Gasteiger charge is -2.13. The van der Waals surface area contributed by atoms with Crippen molar-refractivity contribution in [1.82, 2.24) is 5.32 Å². The molecule has 0 aliphatic rings. The summed E-state index contributed by atoms with van der Waals surface area (Å²) in [6, 6.07) is 3.99. The Kier molecular flexibility index (Phi) is 5.48. The normalized spacial score (nSPS) is 11.4. The molecule has 5 N–H and O–H groups in total. The predicted octanol–water partition coefficient (Wildman–Crippen LogP) is 0.00660. The van der Waals surface area contributed by atoms with Gasteiger partial charge in [0.05, 0.1) is 6.61 Å². The lowest BCUT2D eigenvalue weighted by atomic mass is 10.2. The summed E-state index contributed by atoms with van der Waals surface area (Å²) < 4.78 is 4.71. The van der Waals surface area contributed by atoms with Gasteiger partial charge in [-0.25, -0.2) is 9.59 Å². The molecular weight excluding hydrogens is 266 g/mol. The number of carbonyl (C=O) groups excluding carboxylic acids is 2. The molecule has 0 spiro atoms. The van der Waals surface area contributed by atoms with Gasteiger partial charge < -0.3 is 26.2 Å². The topological polar surface area (TPSA) is 131 Å². The number of hydrogen-bond donors (Lipinski definition) is 4. The zero-order valence-electron chi connectivity index (χ0n) is 10.8. The number of ether oxygens (including phenoxy) is 1. The molecule has 0 saturated carbocycles. The Balaban J connectivity index is 2.71.